The Hall–Kier alpha value is -6.88. The summed E-state index contributed by atoms with van der Waals surface area (Å²) in [5.41, 5.74) is 9.87. The normalized spacial score (nSPS) is 12.1. The van der Waals surface area contributed by atoms with Crippen molar-refractivity contribution in [3.8, 4) is 39.5 Å². The van der Waals surface area contributed by atoms with E-state index in [-0.39, 0.29) is 0 Å². The van der Waals surface area contributed by atoms with Crippen molar-refractivity contribution < 1.29 is 0 Å². The first-order valence-corrected chi connectivity index (χ1v) is 19.1. The molecule has 0 aliphatic heterocycles. The molecule has 3 aromatic heterocycles. The number of fused-ring (bicyclic) bond motifs is 2. The van der Waals surface area contributed by atoms with Crippen LogP contribution in [0.5, 0.6) is 0 Å². The van der Waals surface area contributed by atoms with Crippen LogP contribution < -0.4 is 0 Å². The van der Waals surface area contributed by atoms with Crippen molar-refractivity contribution in [3.63, 3.8) is 0 Å². The van der Waals surface area contributed by atoms with E-state index >= 15 is 0 Å². The van der Waals surface area contributed by atoms with Crippen LogP contribution in [-0.2, 0) is 0 Å². The fraction of sp³-hybridized carbons (Fsp3) is 0. The zero-order valence-electron chi connectivity index (χ0n) is 29.0. The first-order valence-electron chi connectivity index (χ1n) is 18.3. The topological polar surface area (TPSA) is 30.7 Å². The number of rotatable bonds is 4. The molecule has 12 rings (SSSR count). The minimum atomic E-state index is 0.719. The van der Waals surface area contributed by atoms with Gasteiger partial charge in [0, 0.05) is 52.8 Å². The molecule has 12 aromatic rings. The number of hydrogen-bond donors (Lipinski definition) is 0. The summed E-state index contributed by atoms with van der Waals surface area (Å²) >= 11 is 1.89. The SMILES string of the molecule is c1ccc(-c2cccc(-c3nc(-c4cccc5c(-n6c7ccc8cccc9sc%10cccc%11ccc6c(c%11%10)c7c89)cccc45)nc4ccccc34)c2)cc1. The molecule has 3 heterocycles. The molecule has 0 saturated carbocycles. The van der Waals surface area contributed by atoms with Crippen LogP contribution in [-0.4, -0.2) is 14.5 Å². The molecule has 0 N–H and O–H groups in total. The average molecular weight is 704 g/mol. The summed E-state index contributed by atoms with van der Waals surface area (Å²) in [4.78, 5) is 10.6. The molecule has 0 aliphatic rings. The van der Waals surface area contributed by atoms with Gasteiger partial charge in [0.1, 0.15) is 0 Å². The predicted molar refractivity (Wildman–Crippen MR) is 229 cm³/mol. The third kappa shape index (κ3) is 4.23. The van der Waals surface area contributed by atoms with Gasteiger partial charge < -0.3 is 4.57 Å². The molecular weight excluding hydrogens is 675 g/mol. The first kappa shape index (κ1) is 29.7. The first-order chi connectivity index (χ1) is 26.8. The minimum absolute atomic E-state index is 0.719. The number of nitrogens with zero attached hydrogens (tertiary/aromatic N) is 3. The molecule has 0 radical (unpaired) electrons. The molecule has 4 heteroatoms. The third-order valence-corrected chi connectivity index (χ3v) is 12.3. The van der Waals surface area contributed by atoms with Crippen LogP contribution >= 0.6 is 11.3 Å². The highest BCUT2D eigenvalue weighted by Gasteiger charge is 2.22. The summed E-state index contributed by atoms with van der Waals surface area (Å²) in [5, 5.41) is 11.2. The van der Waals surface area contributed by atoms with Crippen LogP contribution in [0, 0.1) is 0 Å². The molecular formula is C50H29N3S. The second-order valence-electron chi connectivity index (χ2n) is 14.1. The summed E-state index contributed by atoms with van der Waals surface area (Å²) in [5.74, 6) is 0.719. The van der Waals surface area contributed by atoms with Crippen molar-refractivity contribution in [1.29, 1.82) is 0 Å². The van der Waals surface area contributed by atoms with Crippen molar-refractivity contribution in [2.24, 2.45) is 0 Å². The fourth-order valence-corrected chi connectivity index (χ4v) is 9.98. The van der Waals surface area contributed by atoms with Gasteiger partial charge in [0.2, 0.25) is 0 Å². The van der Waals surface area contributed by atoms with Gasteiger partial charge in [0.05, 0.1) is 27.9 Å². The lowest BCUT2D eigenvalue weighted by Gasteiger charge is -2.15. The Morgan fingerprint density at radius 2 is 1.02 bits per heavy atom. The second kappa shape index (κ2) is 11.3. The van der Waals surface area contributed by atoms with Gasteiger partial charge in [-0.1, -0.05) is 133 Å². The third-order valence-electron chi connectivity index (χ3n) is 11.1. The minimum Gasteiger partial charge on any atom is -0.309 e. The molecule has 0 unspecified atom stereocenters. The molecule has 3 nitrogen and oxygen atoms in total. The van der Waals surface area contributed by atoms with Gasteiger partial charge in [0.25, 0.3) is 0 Å². The Morgan fingerprint density at radius 3 is 1.80 bits per heavy atom. The number of benzene rings is 9. The van der Waals surface area contributed by atoms with E-state index in [0.29, 0.717) is 0 Å². The molecule has 0 aliphatic carbocycles. The van der Waals surface area contributed by atoms with Gasteiger partial charge in [-0.05, 0) is 69.8 Å². The number of para-hydroxylation sites is 1. The maximum atomic E-state index is 5.38. The Balaban J connectivity index is 1.12. The maximum Gasteiger partial charge on any atom is 0.161 e. The Morgan fingerprint density at radius 1 is 0.407 bits per heavy atom. The lowest BCUT2D eigenvalue weighted by Crippen LogP contribution is -1.98. The molecule has 0 bridgehead atoms. The van der Waals surface area contributed by atoms with E-state index in [9.17, 15) is 0 Å². The molecule has 9 aromatic carbocycles. The summed E-state index contributed by atoms with van der Waals surface area (Å²) < 4.78 is 5.10. The van der Waals surface area contributed by atoms with Crippen LogP contribution in [0.4, 0.5) is 0 Å². The molecule has 0 atom stereocenters. The van der Waals surface area contributed by atoms with Gasteiger partial charge in [-0.2, -0.15) is 0 Å². The molecule has 0 fully saturated rings. The highest BCUT2D eigenvalue weighted by molar-refractivity contribution is 7.24. The van der Waals surface area contributed by atoms with Crippen molar-refractivity contribution in [2.75, 3.05) is 0 Å². The molecule has 250 valence electrons. The smallest absolute Gasteiger partial charge is 0.161 e. The van der Waals surface area contributed by atoms with Crippen molar-refractivity contribution in [3.05, 3.63) is 176 Å². The van der Waals surface area contributed by atoms with Crippen LogP contribution in [0.3, 0.4) is 0 Å². The van der Waals surface area contributed by atoms with Crippen LogP contribution in [0.15, 0.2) is 176 Å². The van der Waals surface area contributed by atoms with Crippen LogP contribution in [0.25, 0.3) is 114 Å². The fourth-order valence-electron chi connectivity index (χ4n) is 8.80. The van der Waals surface area contributed by atoms with E-state index in [1.165, 1.54) is 58.3 Å². The standard InChI is InChI=1S/C50H29N3S/c1-2-11-30(12-3-1)33-15-6-16-34(29-33)49-38-17-4-5-21-39(38)51-50(52-49)37-20-9-19-36-35(37)18-10-22-40(36)53-41-27-25-31-13-7-23-43-45(31)47(41)48-42(53)28-26-32-14-8-24-44(54-43)46(32)48/h1-29H. The van der Waals surface area contributed by atoms with E-state index < -0.39 is 0 Å². The Labute approximate surface area is 314 Å². The zero-order valence-corrected chi connectivity index (χ0v) is 29.8. The van der Waals surface area contributed by atoms with E-state index in [4.69, 9.17) is 9.97 Å². The lowest BCUT2D eigenvalue weighted by atomic mass is 9.99. The van der Waals surface area contributed by atoms with E-state index in [0.717, 1.165) is 55.6 Å². The average Bonchev–Trinajstić information content (AvgIpc) is 3.49. The van der Waals surface area contributed by atoms with Crippen molar-refractivity contribution >= 4 is 85.8 Å². The summed E-state index contributed by atoms with van der Waals surface area (Å²) in [6.45, 7) is 0. The Bertz CT molecular complexity index is 3340. The number of hydrogen-bond acceptors (Lipinski definition) is 3. The summed E-state index contributed by atoms with van der Waals surface area (Å²) in [6, 6.07) is 63.5. The van der Waals surface area contributed by atoms with E-state index in [1.807, 2.05) is 11.3 Å². The van der Waals surface area contributed by atoms with Gasteiger partial charge in [-0.25, -0.2) is 9.97 Å². The van der Waals surface area contributed by atoms with E-state index in [2.05, 4.69) is 180 Å². The zero-order chi connectivity index (χ0) is 35.3. The van der Waals surface area contributed by atoms with Crippen molar-refractivity contribution in [2.45, 2.75) is 0 Å². The monoisotopic (exact) mass is 703 g/mol. The summed E-state index contributed by atoms with van der Waals surface area (Å²) in [7, 11) is 0. The molecule has 54 heavy (non-hydrogen) atoms. The highest BCUT2D eigenvalue weighted by Crippen LogP contribution is 2.47. The molecule has 0 spiro atoms. The second-order valence-corrected chi connectivity index (χ2v) is 15.2. The van der Waals surface area contributed by atoms with Gasteiger partial charge in [-0.15, -0.1) is 11.3 Å². The van der Waals surface area contributed by atoms with Crippen molar-refractivity contribution in [1.82, 2.24) is 14.5 Å². The highest BCUT2D eigenvalue weighted by atomic mass is 32.1. The molecule has 0 saturated heterocycles. The van der Waals surface area contributed by atoms with E-state index in [1.54, 1.807) is 0 Å². The maximum absolute atomic E-state index is 5.38. The van der Waals surface area contributed by atoms with Gasteiger partial charge in [0.15, 0.2) is 5.82 Å². The number of aromatic nitrogens is 3. The lowest BCUT2D eigenvalue weighted by molar-refractivity contribution is 1.20. The predicted octanol–water partition coefficient (Wildman–Crippen LogP) is 13.8. The van der Waals surface area contributed by atoms with Gasteiger partial charge >= 0.3 is 0 Å². The van der Waals surface area contributed by atoms with Crippen LogP contribution in [0.2, 0.25) is 0 Å². The summed E-state index contributed by atoms with van der Waals surface area (Å²) in [6.07, 6.45) is 0. The quantitative estimate of drug-likeness (QED) is 0.183. The molecule has 0 amide bonds. The largest absolute Gasteiger partial charge is 0.309 e. The van der Waals surface area contributed by atoms with Gasteiger partial charge in [-0.3, -0.25) is 0 Å². The Kier molecular flexibility index (Phi) is 6.21. The van der Waals surface area contributed by atoms with Crippen LogP contribution in [0.1, 0.15) is 0 Å².